The molecule has 1 spiro atoms. The van der Waals surface area contributed by atoms with Gasteiger partial charge in [0.05, 0.1) is 18.3 Å². The third-order valence-electron chi connectivity index (χ3n) is 11.2. The van der Waals surface area contributed by atoms with E-state index in [1.165, 1.54) is 18.4 Å². The van der Waals surface area contributed by atoms with Gasteiger partial charge >= 0.3 is 0 Å². The Morgan fingerprint density at radius 2 is 1.83 bits per heavy atom. The van der Waals surface area contributed by atoms with Crippen molar-refractivity contribution in [1.29, 1.82) is 0 Å². The van der Waals surface area contributed by atoms with E-state index in [4.69, 9.17) is 0 Å². The number of aldehydes is 1. The van der Waals surface area contributed by atoms with Gasteiger partial charge in [0.1, 0.15) is 6.29 Å². The monoisotopic (exact) mass is 564 g/mol. The molecule has 0 aliphatic heterocycles. The average Bonchev–Trinajstić information content (AvgIpc) is 3.56. The highest BCUT2D eigenvalue weighted by atomic mass is 16.3. The van der Waals surface area contributed by atoms with Crippen LogP contribution in [0.5, 0.6) is 0 Å². The summed E-state index contributed by atoms with van der Waals surface area (Å²) in [5.41, 5.74) is 2.87. The van der Waals surface area contributed by atoms with Crippen molar-refractivity contribution >= 4 is 6.29 Å². The Kier molecular flexibility index (Phi) is 9.85. The number of carbonyl (C=O) groups is 1. The minimum absolute atomic E-state index is 0.00703. The lowest BCUT2D eigenvalue weighted by atomic mass is 9.46. The van der Waals surface area contributed by atoms with Gasteiger partial charge in [-0.15, -0.1) is 0 Å². The molecular weight excluding hydrogens is 512 g/mol. The summed E-state index contributed by atoms with van der Waals surface area (Å²) in [6.07, 6.45) is 20.3. The van der Waals surface area contributed by atoms with E-state index >= 15 is 0 Å². The van der Waals surface area contributed by atoms with Crippen molar-refractivity contribution in [2.24, 2.45) is 34.5 Å². The number of hydrogen-bond donors (Lipinski definition) is 4. The quantitative estimate of drug-likeness (QED) is 0.110. The van der Waals surface area contributed by atoms with Gasteiger partial charge in [-0.3, -0.25) is 4.79 Å². The number of fused-ring (bicyclic) bond motifs is 3. The molecule has 2 bridgehead atoms. The van der Waals surface area contributed by atoms with Crippen LogP contribution >= 0.6 is 0 Å². The Hall–Kier alpha value is -2.05. The Balaban J connectivity index is 1.66. The molecule has 4 aliphatic rings. The number of carbonyl (C=O) groups excluding carboxylic acids is 1. The van der Waals surface area contributed by atoms with E-state index in [1.54, 1.807) is 0 Å². The summed E-state index contributed by atoms with van der Waals surface area (Å²) >= 11 is 0. The molecule has 0 heterocycles. The van der Waals surface area contributed by atoms with E-state index < -0.39 is 17.1 Å². The predicted molar refractivity (Wildman–Crippen MR) is 165 cm³/mol. The number of aliphatic hydroxyl groups is 4. The molecule has 0 aromatic carbocycles. The first kappa shape index (κ1) is 31.9. The zero-order chi connectivity index (χ0) is 30.0. The Bertz CT molecular complexity index is 1140. The Morgan fingerprint density at radius 1 is 1.12 bits per heavy atom. The van der Waals surface area contributed by atoms with E-state index in [0.717, 1.165) is 42.3 Å². The van der Waals surface area contributed by atoms with Crippen molar-refractivity contribution in [3.63, 3.8) is 0 Å². The van der Waals surface area contributed by atoms with E-state index in [0.29, 0.717) is 31.3 Å². The summed E-state index contributed by atoms with van der Waals surface area (Å²) in [5, 5.41) is 44.6. The molecule has 3 fully saturated rings. The smallest absolute Gasteiger partial charge is 0.145 e. The third kappa shape index (κ3) is 5.68. The zero-order valence-electron chi connectivity index (χ0n) is 25.6. The van der Waals surface area contributed by atoms with Crippen molar-refractivity contribution in [1.82, 2.24) is 0 Å². The first-order valence-corrected chi connectivity index (χ1v) is 15.6. The maximum atomic E-state index is 12.2. The van der Waals surface area contributed by atoms with E-state index in [2.05, 4.69) is 44.7 Å². The second-order valence-corrected chi connectivity index (χ2v) is 13.8. The summed E-state index contributed by atoms with van der Waals surface area (Å²) in [7, 11) is 0. The van der Waals surface area contributed by atoms with Crippen molar-refractivity contribution in [2.45, 2.75) is 97.2 Å². The van der Waals surface area contributed by atoms with Gasteiger partial charge in [0.25, 0.3) is 0 Å². The molecule has 41 heavy (non-hydrogen) atoms. The molecule has 7 unspecified atom stereocenters. The van der Waals surface area contributed by atoms with Crippen LogP contribution in [0.1, 0.15) is 85.5 Å². The normalized spacial score (nSPS) is 37.6. The topological polar surface area (TPSA) is 98.0 Å². The van der Waals surface area contributed by atoms with Crippen LogP contribution in [0, 0.1) is 34.5 Å². The van der Waals surface area contributed by atoms with Crippen LogP contribution in [0.15, 0.2) is 70.9 Å². The molecule has 4 N–H and O–H groups in total. The van der Waals surface area contributed by atoms with Crippen LogP contribution in [0.2, 0.25) is 0 Å². The van der Waals surface area contributed by atoms with E-state index in [1.807, 2.05) is 26.0 Å². The fraction of sp³-hybridized carbons (Fsp3) is 0.639. The molecule has 0 amide bonds. The summed E-state index contributed by atoms with van der Waals surface area (Å²) in [4.78, 5) is 12.0. The molecule has 5 heteroatoms. The van der Waals surface area contributed by atoms with Crippen LogP contribution in [0.3, 0.4) is 0 Å². The number of allylic oxidation sites excluding steroid dienone is 10. The first-order chi connectivity index (χ1) is 19.5. The molecule has 226 valence electrons. The van der Waals surface area contributed by atoms with Gasteiger partial charge in [-0.25, -0.2) is 0 Å². The summed E-state index contributed by atoms with van der Waals surface area (Å²) in [6.45, 7) is 12.2. The van der Waals surface area contributed by atoms with Gasteiger partial charge in [-0.2, -0.15) is 0 Å². The molecule has 5 nitrogen and oxygen atoms in total. The summed E-state index contributed by atoms with van der Waals surface area (Å²) in [5.74, 6) is -0.728. The van der Waals surface area contributed by atoms with Crippen molar-refractivity contribution in [2.75, 3.05) is 13.2 Å². The molecule has 7 atom stereocenters. The molecule has 3 saturated carbocycles. The number of rotatable bonds is 10. The lowest BCUT2D eigenvalue weighted by Gasteiger charge is -2.60. The van der Waals surface area contributed by atoms with Crippen LogP contribution in [-0.4, -0.2) is 51.6 Å². The van der Waals surface area contributed by atoms with Gasteiger partial charge in [0, 0.05) is 23.9 Å². The fourth-order valence-electron chi connectivity index (χ4n) is 9.00. The SMILES string of the molecule is C=C(C=CC=C(CO)C1CCC2(C1O)C1C(=C(C)C=O)C(C=CC1CCO)CC2(C)O)C1(CC=C(C)C)CCCC1. The van der Waals surface area contributed by atoms with Gasteiger partial charge in [-0.05, 0) is 107 Å². The second-order valence-electron chi connectivity index (χ2n) is 13.8. The highest BCUT2D eigenvalue weighted by Crippen LogP contribution is 2.66. The Morgan fingerprint density at radius 3 is 2.44 bits per heavy atom. The highest BCUT2D eigenvalue weighted by molar-refractivity contribution is 5.74. The highest BCUT2D eigenvalue weighted by Gasteiger charge is 2.67. The first-order valence-electron chi connectivity index (χ1n) is 15.6. The minimum atomic E-state index is -1.17. The van der Waals surface area contributed by atoms with Gasteiger partial charge < -0.3 is 20.4 Å². The second kappa shape index (κ2) is 12.7. The number of aliphatic hydroxyl groups excluding tert-OH is 3. The van der Waals surface area contributed by atoms with E-state index in [-0.39, 0.29) is 42.3 Å². The molecule has 0 radical (unpaired) electrons. The predicted octanol–water partition coefficient (Wildman–Crippen LogP) is 6.16. The molecule has 0 aromatic heterocycles. The van der Waals surface area contributed by atoms with Crippen molar-refractivity contribution < 1.29 is 25.2 Å². The van der Waals surface area contributed by atoms with Crippen LogP contribution in [0.4, 0.5) is 0 Å². The average molecular weight is 565 g/mol. The van der Waals surface area contributed by atoms with Crippen molar-refractivity contribution in [3.8, 4) is 0 Å². The molecular formula is C36H52O5. The van der Waals surface area contributed by atoms with Crippen LogP contribution < -0.4 is 0 Å². The maximum absolute atomic E-state index is 12.2. The molecule has 0 aromatic rings. The molecule has 0 saturated heterocycles. The lowest BCUT2D eigenvalue weighted by Crippen LogP contribution is -2.63. The van der Waals surface area contributed by atoms with Crippen LogP contribution in [-0.2, 0) is 4.79 Å². The maximum Gasteiger partial charge on any atom is 0.145 e. The summed E-state index contributed by atoms with van der Waals surface area (Å²) in [6, 6.07) is 0. The lowest BCUT2D eigenvalue weighted by molar-refractivity contribution is -0.181. The van der Waals surface area contributed by atoms with Gasteiger partial charge in [0.2, 0.25) is 0 Å². The zero-order valence-corrected chi connectivity index (χ0v) is 25.6. The summed E-state index contributed by atoms with van der Waals surface area (Å²) < 4.78 is 0. The minimum Gasteiger partial charge on any atom is -0.396 e. The Labute approximate surface area is 247 Å². The van der Waals surface area contributed by atoms with Crippen molar-refractivity contribution in [3.05, 3.63) is 70.9 Å². The van der Waals surface area contributed by atoms with Gasteiger partial charge in [0.15, 0.2) is 0 Å². The van der Waals surface area contributed by atoms with E-state index in [9.17, 15) is 25.2 Å². The standard InChI is InChI=1S/C36H52O5/c1-24(2)13-18-35(16-6-7-17-35)26(4)9-8-10-29(23-39)30-14-19-36(33(30)40)32-27(15-20-37)11-12-28(21-34(36,5)41)31(32)25(3)22-38/h8-13,22,27-28,30,32-33,37,39-41H,4,6-7,14-21,23H2,1-3,5H3. The van der Waals surface area contributed by atoms with Gasteiger partial charge in [-0.1, -0.05) is 67.0 Å². The third-order valence-corrected chi connectivity index (χ3v) is 11.2. The molecule has 4 rings (SSSR count). The largest absolute Gasteiger partial charge is 0.396 e. The molecule has 4 aliphatic carbocycles. The number of hydrogen-bond acceptors (Lipinski definition) is 5. The van der Waals surface area contributed by atoms with Crippen LogP contribution in [0.25, 0.3) is 0 Å². The fourth-order valence-corrected chi connectivity index (χ4v) is 9.00.